The summed E-state index contributed by atoms with van der Waals surface area (Å²) in [6, 6.07) is 10.1. The van der Waals surface area contributed by atoms with Crippen LogP contribution < -0.4 is 0 Å². The average molecular weight is 280 g/mol. The van der Waals surface area contributed by atoms with Gasteiger partial charge < -0.3 is 5.11 Å². The highest BCUT2D eigenvalue weighted by Gasteiger charge is 2.26. The Morgan fingerprint density at radius 1 is 1.26 bits per heavy atom. The van der Waals surface area contributed by atoms with Gasteiger partial charge in [0.25, 0.3) is 0 Å². The van der Waals surface area contributed by atoms with Crippen molar-refractivity contribution in [3.8, 4) is 0 Å². The van der Waals surface area contributed by atoms with Crippen molar-refractivity contribution in [2.45, 2.75) is 51.4 Å². The number of thioether (sulfide) groups is 1. The molecular weight excluding hydrogens is 256 g/mol. The molecule has 1 N–H and O–H groups in total. The van der Waals surface area contributed by atoms with E-state index in [2.05, 4.69) is 0 Å². The minimum Gasteiger partial charge on any atom is -0.392 e. The first-order valence-electron chi connectivity index (χ1n) is 6.74. The lowest BCUT2D eigenvalue weighted by Crippen LogP contribution is -2.27. The first-order valence-corrected chi connectivity index (χ1v) is 7.56. The van der Waals surface area contributed by atoms with E-state index in [0.717, 1.165) is 6.42 Å². The smallest absolute Gasteiger partial charge is 0.194 e. The SMILES string of the molecule is C[C@H](C(=O)SC(C)(C)C)[C@H](O)CCc1ccccc1. The minimum atomic E-state index is -0.567. The van der Waals surface area contributed by atoms with Gasteiger partial charge in [0, 0.05) is 4.75 Å². The Bertz CT molecular complexity index is 395. The van der Waals surface area contributed by atoms with Crippen molar-refractivity contribution in [3.05, 3.63) is 35.9 Å². The van der Waals surface area contributed by atoms with E-state index in [4.69, 9.17) is 0 Å². The van der Waals surface area contributed by atoms with Gasteiger partial charge in [0.1, 0.15) is 0 Å². The Balaban J connectivity index is 2.44. The molecule has 0 heterocycles. The van der Waals surface area contributed by atoms with Crippen LogP contribution in [0.4, 0.5) is 0 Å². The predicted octanol–water partition coefficient (Wildman–Crippen LogP) is 3.67. The van der Waals surface area contributed by atoms with Gasteiger partial charge in [-0.1, -0.05) is 69.8 Å². The normalized spacial score (nSPS) is 15.0. The van der Waals surface area contributed by atoms with Gasteiger partial charge in [-0.3, -0.25) is 4.79 Å². The number of benzene rings is 1. The number of aryl methyl sites for hydroxylation is 1. The molecule has 1 aromatic rings. The summed E-state index contributed by atoms with van der Waals surface area (Å²) in [4.78, 5) is 12.0. The second-order valence-electron chi connectivity index (χ2n) is 5.91. The van der Waals surface area contributed by atoms with Gasteiger partial charge in [0.2, 0.25) is 0 Å². The summed E-state index contributed by atoms with van der Waals surface area (Å²) in [5, 5.41) is 10.2. The van der Waals surface area contributed by atoms with Crippen molar-refractivity contribution in [2.24, 2.45) is 5.92 Å². The van der Waals surface area contributed by atoms with Gasteiger partial charge in [-0.25, -0.2) is 0 Å². The van der Waals surface area contributed by atoms with E-state index in [1.165, 1.54) is 17.3 Å². The van der Waals surface area contributed by atoms with Crippen LogP contribution in [0.3, 0.4) is 0 Å². The first-order chi connectivity index (χ1) is 8.79. The highest BCUT2D eigenvalue weighted by molar-refractivity contribution is 8.14. The van der Waals surface area contributed by atoms with Crippen molar-refractivity contribution < 1.29 is 9.90 Å². The maximum atomic E-state index is 12.0. The van der Waals surface area contributed by atoms with Gasteiger partial charge in [0.05, 0.1) is 12.0 Å². The lowest BCUT2D eigenvalue weighted by molar-refractivity contribution is -0.117. The molecule has 0 aliphatic rings. The molecule has 0 aliphatic heterocycles. The van der Waals surface area contributed by atoms with Crippen LogP contribution in [-0.2, 0) is 11.2 Å². The summed E-state index contributed by atoms with van der Waals surface area (Å²) in [7, 11) is 0. The van der Waals surface area contributed by atoms with E-state index < -0.39 is 6.10 Å². The third-order valence-corrected chi connectivity index (χ3v) is 4.11. The zero-order chi connectivity index (χ0) is 14.5. The molecule has 0 amide bonds. The van der Waals surface area contributed by atoms with Crippen molar-refractivity contribution in [3.63, 3.8) is 0 Å². The molecule has 0 saturated carbocycles. The fraction of sp³-hybridized carbons (Fsp3) is 0.562. The highest BCUT2D eigenvalue weighted by Crippen LogP contribution is 2.28. The third kappa shape index (κ3) is 6.26. The number of aliphatic hydroxyl groups excluding tert-OH is 1. The first kappa shape index (κ1) is 16.3. The number of aliphatic hydroxyl groups is 1. The molecule has 1 aromatic carbocycles. The quantitative estimate of drug-likeness (QED) is 0.894. The largest absolute Gasteiger partial charge is 0.392 e. The Labute approximate surface area is 120 Å². The standard InChI is InChI=1S/C16H24O2S/c1-12(15(18)19-16(2,3)4)14(17)11-10-13-8-6-5-7-9-13/h5-9,12,14,17H,10-11H2,1-4H3/t12-,14+/m0/s1. The monoisotopic (exact) mass is 280 g/mol. The Hall–Kier alpha value is -0.800. The Kier molecular flexibility index (Phi) is 6.08. The van der Waals surface area contributed by atoms with Crippen molar-refractivity contribution in [1.29, 1.82) is 0 Å². The second-order valence-corrected chi connectivity index (χ2v) is 7.75. The van der Waals surface area contributed by atoms with E-state index in [-0.39, 0.29) is 15.8 Å². The Morgan fingerprint density at radius 2 is 1.84 bits per heavy atom. The van der Waals surface area contributed by atoms with Gasteiger partial charge in [0.15, 0.2) is 5.12 Å². The second kappa shape index (κ2) is 7.11. The number of rotatable bonds is 5. The molecule has 0 unspecified atom stereocenters. The van der Waals surface area contributed by atoms with E-state index in [9.17, 15) is 9.90 Å². The molecule has 0 aliphatic carbocycles. The fourth-order valence-electron chi connectivity index (χ4n) is 1.76. The topological polar surface area (TPSA) is 37.3 Å². The number of hydrogen-bond donors (Lipinski definition) is 1. The molecule has 2 atom stereocenters. The van der Waals surface area contributed by atoms with E-state index in [1.807, 2.05) is 58.0 Å². The number of carbonyl (C=O) groups excluding carboxylic acids is 1. The molecule has 0 radical (unpaired) electrons. The van der Waals surface area contributed by atoms with Crippen molar-refractivity contribution in [1.82, 2.24) is 0 Å². The molecule has 3 heteroatoms. The maximum Gasteiger partial charge on any atom is 0.194 e. The number of hydrogen-bond acceptors (Lipinski definition) is 3. The van der Waals surface area contributed by atoms with E-state index >= 15 is 0 Å². The van der Waals surface area contributed by atoms with Crippen molar-refractivity contribution in [2.75, 3.05) is 0 Å². The molecule has 0 aromatic heterocycles. The summed E-state index contributed by atoms with van der Waals surface area (Å²) in [5.41, 5.74) is 1.20. The van der Waals surface area contributed by atoms with Crippen LogP contribution >= 0.6 is 11.8 Å². The van der Waals surface area contributed by atoms with Gasteiger partial charge in [-0.15, -0.1) is 0 Å². The predicted molar refractivity (Wildman–Crippen MR) is 82.3 cm³/mol. The molecule has 0 fully saturated rings. The van der Waals surface area contributed by atoms with Gasteiger partial charge >= 0.3 is 0 Å². The van der Waals surface area contributed by atoms with Crippen LogP contribution in [0.1, 0.15) is 39.7 Å². The lowest BCUT2D eigenvalue weighted by atomic mass is 9.99. The number of carbonyl (C=O) groups is 1. The fourth-order valence-corrected chi connectivity index (χ4v) is 2.71. The lowest BCUT2D eigenvalue weighted by Gasteiger charge is -2.22. The van der Waals surface area contributed by atoms with Crippen LogP contribution in [0.2, 0.25) is 0 Å². The molecule has 0 saturated heterocycles. The highest BCUT2D eigenvalue weighted by atomic mass is 32.2. The van der Waals surface area contributed by atoms with Crippen LogP contribution in [-0.4, -0.2) is 21.1 Å². The van der Waals surface area contributed by atoms with Gasteiger partial charge in [-0.2, -0.15) is 0 Å². The molecular formula is C16H24O2S. The third-order valence-electron chi connectivity index (χ3n) is 2.93. The molecule has 0 spiro atoms. The molecule has 106 valence electrons. The van der Waals surface area contributed by atoms with Crippen molar-refractivity contribution >= 4 is 16.9 Å². The van der Waals surface area contributed by atoms with Crippen LogP contribution in [0, 0.1) is 5.92 Å². The summed E-state index contributed by atoms with van der Waals surface area (Å²) in [6.07, 6.45) is 0.865. The summed E-state index contributed by atoms with van der Waals surface area (Å²) < 4.78 is -0.0928. The maximum absolute atomic E-state index is 12.0. The molecule has 2 nitrogen and oxygen atoms in total. The van der Waals surface area contributed by atoms with E-state index in [1.54, 1.807) is 0 Å². The van der Waals surface area contributed by atoms with Crippen LogP contribution in [0.25, 0.3) is 0 Å². The summed E-state index contributed by atoms with van der Waals surface area (Å²) >= 11 is 1.32. The minimum absolute atomic E-state index is 0.0769. The molecule has 19 heavy (non-hydrogen) atoms. The summed E-state index contributed by atoms with van der Waals surface area (Å²) in [5.74, 6) is -0.312. The summed E-state index contributed by atoms with van der Waals surface area (Å²) in [6.45, 7) is 7.85. The Morgan fingerprint density at radius 3 is 2.37 bits per heavy atom. The molecule has 0 bridgehead atoms. The molecule has 1 rings (SSSR count). The van der Waals surface area contributed by atoms with E-state index in [0.29, 0.717) is 6.42 Å². The average Bonchev–Trinajstić information content (AvgIpc) is 2.34. The van der Waals surface area contributed by atoms with Crippen LogP contribution in [0.5, 0.6) is 0 Å². The van der Waals surface area contributed by atoms with Gasteiger partial charge in [-0.05, 0) is 18.4 Å². The zero-order valence-corrected chi connectivity index (χ0v) is 13.0. The van der Waals surface area contributed by atoms with Crippen LogP contribution in [0.15, 0.2) is 30.3 Å². The zero-order valence-electron chi connectivity index (χ0n) is 12.2.